The second kappa shape index (κ2) is 6.76. The first kappa shape index (κ1) is 19.0. The van der Waals surface area contributed by atoms with Crippen molar-refractivity contribution >= 4 is 9.84 Å². The van der Waals surface area contributed by atoms with Crippen LogP contribution < -0.4 is 0 Å². The minimum absolute atomic E-state index is 0.0644. The van der Waals surface area contributed by atoms with Gasteiger partial charge in [0.1, 0.15) is 5.69 Å². The molecule has 0 amide bonds. The molecule has 3 aromatic rings. The zero-order valence-electron chi connectivity index (χ0n) is 14.4. The molecule has 0 unspecified atom stereocenters. The van der Waals surface area contributed by atoms with Gasteiger partial charge in [0.25, 0.3) is 0 Å². The number of sulfone groups is 1. The van der Waals surface area contributed by atoms with E-state index in [1.807, 2.05) is 6.07 Å². The molecule has 0 aliphatic rings. The standard InChI is InChI=1S/C17H15F3N4O2S/c1-3-27(25,26)13-9-12(17(18,19)20)10-21-14(13)16-23-22-15(24(16)2)11-7-5-4-6-8-11/h4-10H,3H2,1-2H3. The summed E-state index contributed by atoms with van der Waals surface area (Å²) in [5.74, 6) is 0.133. The van der Waals surface area contributed by atoms with Crippen molar-refractivity contribution in [1.82, 2.24) is 19.7 Å². The fourth-order valence-corrected chi connectivity index (χ4v) is 3.59. The summed E-state index contributed by atoms with van der Waals surface area (Å²) >= 11 is 0. The van der Waals surface area contributed by atoms with Gasteiger partial charge in [0, 0.05) is 18.8 Å². The number of pyridine rings is 1. The normalized spacial score (nSPS) is 12.3. The maximum Gasteiger partial charge on any atom is 0.417 e. The highest BCUT2D eigenvalue weighted by Gasteiger charge is 2.34. The van der Waals surface area contributed by atoms with E-state index in [0.717, 1.165) is 5.56 Å². The largest absolute Gasteiger partial charge is 0.417 e. The molecular formula is C17H15F3N4O2S. The third-order valence-corrected chi connectivity index (χ3v) is 5.76. The Bertz CT molecular complexity index is 1080. The molecule has 0 atom stereocenters. The minimum atomic E-state index is -4.71. The van der Waals surface area contributed by atoms with Crippen molar-refractivity contribution in [3.63, 3.8) is 0 Å². The van der Waals surface area contributed by atoms with Gasteiger partial charge in [-0.3, -0.25) is 4.98 Å². The van der Waals surface area contributed by atoms with Crippen LogP contribution in [0.5, 0.6) is 0 Å². The Kier molecular flexibility index (Phi) is 4.77. The van der Waals surface area contributed by atoms with Crippen molar-refractivity contribution in [1.29, 1.82) is 0 Å². The third-order valence-electron chi connectivity index (χ3n) is 4.01. The van der Waals surface area contributed by atoms with Gasteiger partial charge in [-0.1, -0.05) is 37.3 Å². The molecule has 27 heavy (non-hydrogen) atoms. The number of rotatable bonds is 4. The topological polar surface area (TPSA) is 77.7 Å². The number of hydrogen-bond donors (Lipinski definition) is 0. The summed E-state index contributed by atoms with van der Waals surface area (Å²) in [6.07, 6.45) is -4.11. The van der Waals surface area contributed by atoms with Gasteiger partial charge in [-0.15, -0.1) is 10.2 Å². The van der Waals surface area contributed by atoms with E-state index in [1.165, 1.54) is 11.5 Å². The van der Waals surface area contributed by atoms with Crippen LogP contribution in [-0.2, 0) is 23.1 Å². The Morgan fingerprint density at radius 2 is 1.70 bits per heavy atom. The number of nitrogens with zero attached hydrogens (tertiary/aromatic N) is 4. The van der Waals surface area contributed by atoms with Crippen LogP contribution in [0.1, 0.15) is 12.5 Å². The van der Waals surface area contributed by atoms with Crippen LogP contribution in [0.4, 0.5) is 13.2 Å². The summed E-state index contributed by atoms with van der Waals surface area (Å²) in [5, 5.41) is 8.01. The van der Waals surface area contributed by atoms with E-state index < -0.39 is 26.5 Å². The van der Waals surface area contributed by atoms with E-state index in [9.17, 15) is 21.6 Å². The second-order valence-corrected chi connectivity index (χ2v) is 7.99. The third kappa shape index (κ3) is 3.57. The first-order valence-electron chi connectivity index (χ1n) is 7.90. The lowest BCUT2D eigenvalue weighted by molar-refractivity contribution is -0.138. The molecular weight excluding hydrogens is 381 g/mol. The number of benzene rings is 1. The Hall–Kier alpha value is -2.75. The second-order valence-electron chi connectivity index (χ2n) is 5.74. The van der Waals surface area contributed by atoms with Gasteiger partial charge < -0.3 is 4.57 Å². The molecule has 2 aromatic heterocycles. The number of aromatic nitrogens is 4. The van der Waals surface area contributed by atoms with Crippen molar-refractivity contribution < 1.29 is 21.6 Å². The monoisotopic (exact) mass is 396 g/mol. The van der Waals surface area contributed by atoms with Crippen molar-refractivity contribution in [2.24, 2.45) is 7.05 Å². The molecule has 0 aliphatic heterocycles. The van der Waals surface area contributed by atoms with Gasteiger partial charge >= 0.3 is 6.18 Å². The number of alkyl halides is 3. The van der Waals surface area contributed by atoms with Crippen LogP contribution in [-0.4, -0.2) is 33.9 Å². The van der Waals surface area contributed by atoms with Crippen LogP contribution in [0.3, 0.4) is 0 Å². The first-order chi connectivity index (χ1) is 12.6. The molecule has 0 saturated carbocycles. The zero-order valence-corrected chi connectivity index (χ0v) is 15.2. The highest BCUT2D eigenvalue weighted by atomic mass is 32.2. The molecule has 0 aliphatic carbocycles. The van der Waals surface area contributed by atoms with Gasteiger partial charge in [-0.2, -0.15) is 13.2 Å². The van der Waals surface area contributed by atoms with E-state index in [1.54, 1.807) is 31.3 Å². The van der Waals surface area contributed by atoms with E-state index in [-0.39, 0.29) is 17.3 Å². The summed E-state index contributed by atoms with van der Waals surface area (Å²) in [6.45, 7) is 1.35. The molecule has 2 heterocycles. The fraction of sp³-hybridized carbons (Fsp3) is 0.235. The lowest BCUT2D eigenvalue weighted by atomic mass is 10.2. The zero-order chi connectivity index (χ0) is 19.8. The molecule has 6 nitrogen and oxygen atoms in total. The molecule has 0 radical (unpaired) electrons. The van der Waals surface area contributed by atoms with Gasteiger partial charge in [0.15, 0.2) is 21.5 Å². The van der Waals surface area contributed by atoms with Crippen LogP contribution in [0.15, 0.2) is 47.5 Å². The lowest BCUT2D eigenvalue weighted by Crippen LogP contribution is -2.13. The van der Waals surface area contributed by atoms with Crippen molar-refractivity contribution in [2.75, 3.05) is 5.75 Å². The van der Waals surface area contributed by atoms with Gasteiger partial charge in [0.2, 0.25) is 0 Å². The summed E-state index contributed by atoms with van der Waals surface area (Å²) in [6, 6.07) is 9.59. The van der Waals surface area contributed by atoms with Crippen LogP contribution in [0.25, 0.3) is 22.9 Å². The Morgan fingerprint density at radius 1 is 1.07 bits per heavy atom. The highest BCUT2D eigenvalue weighted by Crippen LogP contribution is 2.34. The van der Waals surface area contributed by atoms with Gasteiger partial charge in [-0.05, 0) is 6.07 Å². The first-order valence-corrected chi connectivity index (χ1v) is 9.55. The van der Waals surface area contributed by atoms with Crippen molar-refractivity contribution in [3.8, 4) is 22.9 Å². The van der Waals surface area contributed by atoms with E-state index in [4.69, 9.17) is 0 Å². The SMILES string of the molecule is CCS(=O)(=O)c1cc(C(F)(F)F)cnc1-c1nnc(-c2ccccc2)n1C. The van der Waals surface area contributed by atoms with Gasteiger partial charge in [-0.25, -0.2) is 8.42 Å². The maximum absolute atomic E-state index is 13.0. The van der Waals surface area contributed by atoms with Gasteiger partial charge in [0.05, 0.1) is 16.2 Å². The molecule has 0 bridgehead atoms. The summed E-state index contributed by atoms with van der Waals surface area (Å²) in [7, 11) is -2.38. The van der Waals surface area contributed by atoms with Crippen LogP contribution in [0.2, 0.25) is 0 Å². The summed E-state index contributed by atoms with van der Waals surface area (Å²) in [4.78, 5) is 3.26. The fourth-order valence-electron chi connectivity index (χ4n) is 2.53. The Morgan fingerprint density at radius 3 is 2.30 bits per heavy atom. The maximum atomic E-state index is 13.0. The number of hydrogen-bond acceptors (Lipinski definition) is 5. The predicted molar refractivity (Wildman–Crippen MR) is 92.4 cm³/mol. The van der Waals surface area contributed by atoms with E-state index >= 15 is 0 Å². The molecule has 0 spiro atoms. The molecule has 0 saturated heterocycles. The van der Waals surface area contributed by atoms with E-state index in [2.05, 4.69) is 15.2 Å². The average Bonchev–Trinajstić information content (AvgIpc) is 3.02. The van der Waals surface area contributed by atoms with E-state index in [0.29, 0.717) is 18.1 Å². The van der Waals surface area contributed by atoms with Crippen molar-refractivity contribution in [3.05, 3.63) is 48.2 Å². The molecule has 3 rings (SSSR count). The predicted octanol–water partition coefficient (Wildman–Crippen LogP) is 3.36. The van der Waals surface area contributed by atoms with Crippen LogP contribution in [0, 0.1) is 0 Å². The Balaban J connectivity index is 2.22. The minimum Gasteiger partial charge on any atom is -0.309 e. The highest BCUT2D eigenvalue weighted by molar-refractivity contribution is 7.91. The summed E-state index contributed by atoms with van der Waals surface area (Å²) in [5.41, 5.74) is -0.573. The molecule has 0 fully saturated rings. The van der Waals surface area contributed by atoms with Crippen LogP contribution >= 0.6 is 0 Å². The average molecular weight is 396 g/mol. The summed E-state index contributed by atoms with van der Waals surface area (Å²) < 4.78 is 65.4. The Labute approximate surface area is 153 Å². The molecule has 142 valence electrons. The smallest absolute Gasteiger partial charge is 0.309 e. The molecule has 1 aromatic carbocycles. The molecule has 0 N–H and O–H groups in total. The van der Waals surface area contributed by atoms with Crippen molar-refractivity contribution in [2.45, 2.75) is 18.0 Å². The molecule has 10 heteroatoms. The quantitative estimate of drug-likeness (QED) is 0.676. The number of halogens is 3. The lowest BCUT2D eigenvalue weighted by Gasteiger charge is -2.12.